The van der Waals surface area contributed by atoms with Crippen LogP contribution < -0.4 is 5.32 Å². The van der Waals surface area contributed by atoms with Crippen LogP contribution in [0.2, 0.25) is 0 Å². The molecule has 0 saturated heterocycles. The molecule has 2 heterocycles. The van der Waals surface area contributed by atoms with E-state index in [2.05, 4.69) is 48.0 Å². The van der Waals surface area contributed by atoms with Crippen molar-refractivity contribution in [3.63, 3.8) is 0 Å². The summed E-state index contributed by atoms with van der Waals surface area (Å²) in [6.45, 7) is 6.37. The van der Waals surface area contributed by atoms with Crippen molar-refractivity contribution in [1.82, 2.24) is 15.1 Å². The highest BCUT2D eigenvalue weighted by Gasteiger charge is 2.10. The first-order valence-electron chi connectivity index (χ1n) is 5.94. The molecule has 2 aromatic rings. The molecule has 3 nitrogen and oxygen atoms in total. The molecule has 0 atom stereocenters. The molecule has 92 valence electrons. The van der Waals surface area contributed by atoms with Gasteiger partial charge in [0.25, 0.3) is 0 Å². The number of nitrogens with zero attached hydrogens (tertiary/aromatic N) is 2. The Bertz CT molecular complexity index is 457. The Morgan fingerprint density at radius 3 is 2.94 bits per heavy atom. The Morgan fingerprint density at radius 1 is 1.47 bits per heavy atom. The number of rotatable bonds is 5. The van der Waals surface area contributed by atoms with Gasteiger partial charge in [-0.1, -0.05) is 19.9 Å². The van der Waals surface area contributed by atoms with Crippen molar-refractivity contribution in [3.8, 4) is 10.6 Å². The van der Waals surface area contributed by atoms with E-state index >= 15 is 0 Å². The van der Waals surface area contributed by atoms with E-state index in [4.69, 9.17) is 0 Å². The van der Waals surface area contributed by atoms with Gasteiger partial charge in [-0.05, 0) is 23.9 Å². The van der Waals surface area contributed by atoms with Crippen LogP contribution in [-0.4, -0.2) is 16.3 Å². The molecule has 2 rings (SSSR count). The quantitative estimate of drug-likeness (QED) is 0.883. The third-order valence-electron chi connectivity index (χ3n) is 2.53. The van der Waals surface area contributed by atoms with E-state index < -0.39 is 0 Å². The highest BCUT2D eigenvalue weighted by atomic mass is 32.1. The summed E-state index contributed by atoms with van der Waals surface area (Å²) in [7, 11) is 1.98. The van der Waals surface area contributed by atoms with E-state index in [1.807, 2.05) is 11.7 Å². The van der Waals surface area contributed by atoms with Crippen molar-refractivity contribution in [3.05, 3.63) is 29.3 Å². The van der Waals surface area contributed by atoms with Crippen LogP contribution in [0.5, 0.6) is 0 Å². The predicted molar refractivity (Wildman–Crippen MR) is 73.1 cm³/mol. The monoisotopic (exact) mass is 249 g/mol. The molecule has 0 aromatic carbocycles. The molecule has 0 fully saturated rings. The first-order chi connectivity index (χ1) is 8.16. The standard InChI is InChI=1S/C13H19N3S/c1-10(2)7-14-8-11-9-16(3)15-13(11)12-5-4-6-17-12/h4-6,9-10,14H,7-8H2,1-3H3. The molecule has 1 N–H and O–H groups in total. The average molecular weight is 249 g/mol. The summed E-state index contributed by atoms with van der Waals surface area (Å²) in [5.41, 5.74) is 2.38. The largest absolute Gasteiger partial charge is 0.312 e. The van der Waals surface area contributed by atoms with Crippen molar-refractivity contribution in [2.75, 3.05) is 6.54 Å². The maximum absolute atomic E-state index is 4.54. The Kier molecular flexibility index (Phi) is 3.97. The summed E-state index contributed by atoms with van der Waals surface area (Å²) in [5.74, 6) is 0.678. The van der Waals surface area contributed by atoms with Gasteiger partial charge in [-0.3, -0.25) is 4.68 Å². The lowest BCUT2D eigenvalue weighted by atomic mass is 10.2. The number of hydrogen-bond donors (Lipinski definition) is 1. The van der Waals surface area contributed by atoms with E-state index in [0.29, 0.717) is 5.92 Å². The van der Waals surface area contributed by atoms with Crippen LogP contribution in [0.15, 0.2) is 23.7 Å². The number of nitrogens with one attached hydrogen (secondary N) is 1. The predicted octanol–water partition coefficient (Wildman–Crippen LogP) is 2.89. The average Bonchev–Trinajstić information content (AvgIpc) is 2.86. The first kappa shape index (κ1) is 12.3. The third kappa shape index (κ3) is 3.17. The molecule has 17 heavy (non-hydrogen) atoms. The molecule has 0 bridgehead atoms. The number of aromatic nitrogens is 2. The second-order valence-corrected chi connectivity index (χ2v) is 5.63. The maximum Gasteiger partial charge on any atom is 0.107 e. The van der Waals surface area contributed by atoms with Crippen LogP contribution in [0.25, 0.3) is 10.6 Å². The van der Waals surface area contributed by atoms with Gasteiger partial charge in [-0.2, -0.15) is 5.10 Å². The van der Waals surface area contributed by atoms with Gasteiger partial charge < -0.3 is 5.32 Å². The normalized spacial score (nSPS) is 11.3. The van der Waals surface area contributed by atoms with Crippen molar-refractivity contribution in [2.45, 2.75) is 20.4 Å². The van der Waals surface area contributed by atoms with E-state index in [1.54, 1.807) is 11.3 Å². The fourth-order valence-electron chi connectivity index (χ4n) is 1.78. The van der Waals surface area contributed by atoms with Gasteiger partial charge in [0.15, 0.2) is 0 Å². The van der Waals surface area contributed by atoms with Crippen molar-refractivity contribution in [2.24, 2.45) is 13.0 Å². The summed E-state index contributed by atoms with van der Waals surface area (Å²) >= 11 is 1.74. The smallest absolute Gasteiger partial charge is 0.107 e. The van der Waals surface area contributed by atoms with E-state index in [0.717, 1.165) is 18.8 Å². The summed E-state index contributed by atoms with van der Waals surface area (Å²) < 4.78 is 1.89. The summed E-state index contributed by atoms with van der Waals surface area (Å²) in [6, 6.07) is 4.19. The molecule has 0 unspecified atom stereocenters. The highest BCUT2D eigenvalue weighted by molar-refractivity contribution is 7.13. The zero-order chi connectivity index (χ0) is 12.3. The molecule has 0 radical (unpaired) electrons. The Balaban J connectivity index is 2.11. The summed E-state index contributed by atoms with van der Waals surface area (Å²) in [6.07, 6.45) is 2.10. The number of thiophene rings is 1. The van der Waals surface area contributed by atoms with Gasteiger partial charge in [0.05, 0.1) is 4.88 Å². The molecule has 4 heteroatoms. The zero-order valence-corrected chi connectivity index (χ0v) is 11.4. The van der Waals surface area contributed by atoms with Crippen molar-refractivity contribution >= 4 is 11.3 Å². The molecule has 0 spiro atoms. The van der Waals surface area contributed by atoms with Crippen LogP contribution >= 0.6 is 11.3 Å². The van der Waals surface area contributed by atoms with Crippen LogP contribution in [0, 0.1) is 5.92 Å². The van der Waals surface area contributed by atoms with Gasteiger partial charge in [-0.25, -0.2) is 0 Å². The van der Waals surface area contributed by atoms with E-state index in [-0.39, 0.29) is 0 Å². The van der Waals surface area contributed by atoms with Crippen LogP contribution in [0.3, 0.4) is 0 Å². The fourth-order valence-corrected chi connectivity index (χ4v) is 2.53. The van der Waals surface area contributed by atoms with Gasteiger partial charge in [0, 0.05) is 25.4 Å². The lowest BCUT2D eigenvalue weighted by molar-refractivity contribution is 0.552. The van der Waals surface area contributed by atoms with Crippen molar-refractivity contribution < 1.29 is 0 Å². The maximum atomic E-state index is 4.54. The summed E-state index contributed by atoms with van der Waals surface area (Å²) in [4.78, 5) is 1.24. The van der Waals surface area contributed by atoms with Gasteiger partial charge in [0.1, 0.15) is 5.69 Å². The molecule has 0 aliphatic carbocycles. The van der Waals surface area contributed by atoms with E-state index in [1.165, 1.54) is 10.4 Å². The Hall–Kier alpha value is -1.13. The highest BCUT2D eigenvalue weighted by Crippen LogP contribution is 2.26. The minimum Gasteiger partial charge on any atom is -0.312 e. The second-order valence-electron chi connectivity index (χ2n) is 4.68. The minimum atomic E-state index is 0.678. The van der Waals surface area contributed by atoms with Crippen LogP contribution in [0.1, 0.15) is 19.4 Å². The van der Waals surface area contributed by atoms with Gasteiger partial charge in [0.2, 0.25) is 0 Å². The van der Waals surface area contributed by atoms with Gasteiger partial charge >= 0.3 is 0 Å². The van der Waals surface area contributed by atoms with Crippen molar-refractivity contribution in [1.29, 1.82) is 0 Å². The molecule has 2 aromatic heterocycles. The Labute approximate surface area is 106 Å². The summed E-state index contributed by atoms with van der Waals surface area (Å²) in [5, 5.41) is 10.1. The fraction of sp³-hybridized carbons (Fsp3) is 0.462. The number of hydrogen-bond acceptors (Lipinski definition) is 3. The molecule has 0 amide bonds. The van der Waals surface area contributed by atoms with E-state index in [9.17, 15) is 0 Å². The topological polar surface area (TPSA) is 29.9 Å². The Morgan fingerprint density at radius 2 is 2.29 bits per heavy atom. The SMILES string of the molecule is CC(C)CNCc1cn(C)nc1-c1cccs1. The number of aryl methyl sites for hydroxylation is 1. The molecule has 0 aliphatic heterocycles. The third-order valence-corrected chi connectivity index (χ3v) is 3.40. The minimum absolute atomic E-state index is 0.678. The van der Waals surface area contributed by atoms with Crippen LogP contribution in [0.4, 0.5) is 0 Å². The second kappa shape index (κ2) is 5.47. The molecular weight excluding hydrogens is 230 g/mol. The molecular formula is C13H19N3S. The molecule has 0 saturated carbocycles. The van der Waals surface area contributed by atoms with Crippen LogP contribution in [-0.2, 0) is 13.6 Å². The lowest BCUT2D eigenvalue weighted by Gasteiger charge is -2.06. The zero-order valence-electron chi connectivity index (χ0n) is 10.6. The molecule has 0 aliphatic rings. The lowest BCUT2D eigenvalue weighted by Crippen LogP contribution is -2.19. The first-order valence-corrected chi connectivity index (χ1v) is 6.82. The van der Waals surface area contributed by atoms with Gasteiger partial charge in [-0.15, -0.1) is 11.3 Å².